The Morgan fingerprint density at radius 3 is 1.19 bits per heavy atom. The van der Waals surface area contributed by atoms with Gasteiger partial charge in [0.15, 0.2) is 23.0 Å². The molecule has 8 unspecified atom stereocenters. The number of nitrogens with zero attached hydrogens (tertiary/aromatic N) is 8. The molecule has 2 aromatic heterocycles. The summed E-state index contributed by atoms with van der Waals surface area (Å²) in [6.45, 7) is 7.50. The second-order valence-corrected chi connectivity index (χ2v) is 22.0. The third-order valence-electron chi connectivity index (χ3n) is 13.1. The molecule has 2 saturated heterocycles. The molecule has 4 aromatic rings. The van der Waals surface area contributed by atoms with Crippen LogP contribution in [-0.4, -0.2) is 200 Å². The average molecular weight is 1120 g/mol. The van der Waals surface area contributed by atoms with Gasteiger partial charge >= 0.3 is 11.9 Å². The van der Waals surface area contributed by atoms with Crippen molar-refractivity contribution < 1.29 is 57.4 Å². The summed E-state index contributed by atoms with van der Waals surface area (Å²) in [6, 6.07) is 1.40. The van der Waals surface area contributed by atoms with Gasteiger partial charge in [-0.1, -0.05) is 73.5 Å². The average Bonchev–Trinajstić information content (AvgIpc) is 3.41. The second kappa shape index (κ2) is 25.5. The molecule has 8 amide bonds. The van der Waals surface area contributed by atoms with Crippen molar-refractivity contribution in [3.8, 4) is 0 Å². The van der Waals surface area contributed by atoms with Crippen LogP contribution in [0.25, 0.3) is 22.1 Å². The van der Waals surface area contributed by atoms with Crippen LogP contribution in [0, 0.1) is 11.8 Å². The SMILES string of the molecule is CC1NC(=O)C(NC(=O)c2nc3ccccc3nc2N)COC(=O)C(C(C)C)N(C)C(=O)C2CSSCC(C(=O)N(C)C(C(C)C)C(=O)OCC(NC(=O)c3nc4ccccc4nc3N)C(=O)NC(C)C(=O)N2C)N(C)C1=O. The first kappa shape index (κ1) is 59.4. The van der Waals surface area contributed by atoms with Crippen molar-refractivity contribution in [1.29, 1.82) is 0 Å². The largest absolute Gasteiger partial charge is 0.461 e. The summed E-state index contributed by atoms with van der Waals surface area (Å²) in [4.78, 5) is 165. The highest BCUT2D eigenvalue weighted by molar-refractivity contribution is 8.76. The Kier molecular flexibility index (Phi) is 19.4. The number of carbonyl (C=O) groups excluding carboxylic acids is 10. The number of likely N-dealkylation sites (N-methyl/N-ethyl adjacent to an activating group) is 4. The van der Waals surface area contributed by atoms with E-state index in [1.54, 1.807) is 76.2 Å². The highest BCUT2D eigenvalue weighted by Gasteiger charge is 2.43. The number of benzene rings is 2. The Bertz CT molecular complexity index is 2810. The van der Waals surface area contributed by atoms with Crippen LogP contribution in [0.3, 0.4) is 0 Å². The lowest BCUT2D eigenvalue weighted by Gasteiger charge is -2.37. The number of nitrogen functional groups attached to an aromatic ring is 2. The third kappa shape index (κ3) is 13.4. The van der Waals surface area contributed by atoms with Crippen LogP contribution in [0.4, 0.5) is 11.6 Å². The van der Waals surface area contributed by atoms with Gasteiger partial charge in [-0.3, -0.25) is 38.4 Å². The molecule has 0 aliphatic carbocycles. The van der Waals surface area contributed by atoms with Gasteiger partial charge < -0.3 is 61.8 Å². The van der Waals surface area contributed by atoms with Crippen LogP contribution in [0.15, 0.2) is 48.5 Å². The molecular weight excluding hydrogens is 1050 g/mol. The van der Waals surface area contributed by atoms with Crippen molar-refractivity contribution in [2.45, 2.75) is 89.9 Å². The van der Waals surface area contributed by atoms with Gasteiger partial charge in [0, 0.05) is 39.7 Å². The molecule has 0 saturated carbocycles. The molecule has 2 aliphatic rings. The lowest BCUT2D eigenvalue weighted by Crippen LogP contribution is -2.60. The number of fused-ring (bicyclic) bond motifs is 7. The Labute approximate surface area is 457 Å². The minimum atomic E-state index is -1.72. The summed E-state index contributed by atoms with van der Waals surface area (Å²) >= 11 is 0. The molecule has 0 spiro atoms. The second-order valence-electron chi connectivity index (χ2n) is 19.4. The van der Waals surface area contributed by atoms with Gasteiger partial charge in [-0.15, -0.1) is 0 Å². The number of hydrogen-bond donors (Lipinski definition) is 6. The highest BCUT2D eigenvalue weighted by atomic mass is 33.1. The Morgan fingerprint density at radius 2 is 0.872 bits per heavy atom. The van der Waals surface area contributed by atoms with Gasteiger partial charge in [0.05, 0.1) is 22.1 Å². The number of nitrogens with one attached hydrogen (secondary N) is 4. The Morgan fingerprint density at radius 1 is 0.551 bits per heavy atom. The predicted molar refractivity (Wildman–Crippen MR) is 288 cm³/mol. The number of cyclic esters (lactones) is 2. The first-order chi connectivity index (χ1) is 36.8. The number of esters is 2. The van der Waals surface area contributed by atoms with E-state index in [1.165, 1.54) is 42.0 Å². The van der Waals surface area contributed by atoms with Crippen LogP contribution in [0.2, 0.25) is 0 Å². The van der Waals surface area contributed by atoms with E-state index in [0.717, 1.165) is 41.2 Å². The van der Waals surface area contributed by atoms with Crippen LogP contribution in [0.5, 0.6) is 0 Å². The van der Waals surface area contributed by atoms with E-state index in [4.69, 9.17) is 20.9 Å². The fourth-order valence-corrected chi connectivity index (χ4v) is 11.3. The first-order valence-electron chi connectivity index (χ1n) is 24.7. The number of rotatable bonds is 6. The van der Waals surface area contributed by atoms with Gasteiger partial charge in [0.2, 0.25) is 35.4 Å². The van der Waals surface area contributed by atoms with E-state index in [1.807, 2.05) is 0 Å². The highest BCUT2D eigenvalue weighted by Crippen LogP contribution is 2.29. The molecule has 2 bridgehead atoms. The quantitative estimate of drug-likeness (QED) is 0.107. The van der Waals surface area contributed by atoms with E-state index in [-0.39, 0.29) is 34.5 Å². The van der Waals surface area contributed by atoms with E-state index >= 15 is 0 Å². The number of carbonyl (C=O) groups is 10. The standard InChI is InChI=1S/C50H64N14O12S2/c1-23(2)37-49(73)75-19-31(59-43(67)35-39(51)57-29-17-13-11-15-27(29)55-35)41(65)53-26(6)46(70)62(8)34-22-78-77-21-33(47(71)63(37)9)61(7)45(69)25(5)54-42(66)32(20-76-50(74)38(24(3)4)64(10)48(34)72)60-44(68)36-40(52)58-30-18-14-12-16-28(30)56-36/h11-18,23-26,31-34,37-38H,19-22H2,1-10H3,(H2,51,57)(H2,52,58)(H,53,65)(H,54,66)(H,59,67)(H,60,68). The Balaban J connectivity index is 1.40. The number of amides is 8. The molecule has 6 rings (SSSR count). The predicted octanol–water partition coefficient (Wildman–Crippen LogP) is -0.241. The minimum Gasteiger partial charge on any atom is -0.461 e. The van der Waals surface area contributed by atoms with Crippen molar-refractivity contribution in [3.63, 3.8) is 0 Å². The van der Waals surface area contributed by atoms with E-state index in [9.17, 15) is 47.9 Å². The first-order valence-corrected chi connectivity index (χ1v) is 27.2. The zero-order chi connectivity index (χ0) is 57.4. The van der Waals surface area contributed by atoms with Crippen molar-refractivity contribution in [1.82, 2.24) is 60.8 Å². The van der Waals surface area contributed by atoms with Gasteiger partial charge in [-0.25, -0.2) is 29.5 Å². The van der Waals surface area contributed by atoms with E-state index in [2.05, 4.69) is 41.2 Å². The lowest BCUT2D eigenvalue weighted by molar-refractivity contribution is -0.160. The molecule has 28 heteroatoms. The molecule has 78 heavy (non-hydrogen) atoms. The number of anilines is 2. The molecule has 8 N–H and O–H groups in total. The third-order valence-corrected chi connectivity index (χ3v) is 15.5. The van der Waals surface area contributed by atoms with Crippen LogP contribution in [0.1, 0.15) is 62.5 Å². The summed E-state index contributed by atoms with van der Waals surface area (Å²) in [6.07, 6.45) is 0. The van der Waals surface area contributed by atoms with E-state index < -0.39 is 133 Å². The minimum absolute atomic E-state index is 0.180. The molecule has 2 aromatic carbocycles. The molecule has 2 fully saturated rings. The van der Waals surface area contributed by atoms with Gasteiger partial charge in [-0.2, -0.15) is 0 Å². The number of ether oxygens (including phenoxy) is 2. The summed E-state index contributed by atoms with van der Waals surface area (Å²) in [5.41, 5.74) is 12.9. The maximum Gasteiger partial charge on any atom is 0.329 e. The van der Waals surface area contributed by atoms with Gasteiger partial charge in [0.25, 0.3) is 11.8 Å². The summed E-state index contributed by atoms with van der Waals surface area (Å²) in [5, 5.41) is 10.1. The maximum atomic E-state index is 14.9. The molecule has 2 aliphatic heterocycles. The Hall–Kier alpha value is -7.88. The molecule has 4 heterocycles. The normalized spacial score (nSPS) is 24.4. The zero-order valence-electron chi connectivity index (χ0n) is 44.7. The maximum absolute atomic E-state index is 14.9. The van der Waals surface area contributed by atoms with Crippen molar-refractivity contribution in [2.75, 3.05) is 64.4 Å². The van der Waals surface area contributed by atoms with Crippen molar-refractivity contribution in [2.24, 2.45) is 11.8 Å². The number of nitrogens with two attached hydrogens (primary N) is 2. The molecule has 418 valence electrons. The summed E-state index contributed by atoms with van der Waals surface area (Å²) < 4.78 is 11.4. The van der Waals surface area contributed by atoms with Gasteiger partial charge in [-0.05, 0) is 49.9 Å². The van der Waals surface area contributed by atoms with Crippen LogP contribution >= 0.6 is 21.6 Å². The number of para-hydroxylation sites is 4. The van der Waals surface area contributed by atoms with Crippen molar-refractivity contribution >= 4 is 114 Å². The van der Waals surface area contributed by atoms with E-state index in [0.29, 0.717) is 22.1 Å². The fraction of sp³-hybridized carbons (Fsp3) is 0.480. The van der Waals surface area contributed by atoms with Crippen LogP contribution in [-0.2, 0) is 47.8 Å². The summed E-state index contributed by atoms with van der Waals surface area (Å²) in [7, 11) is 7.37. The fourth-order valence-electron chi connectivity index (χ4n) is 8.77. The topological polar surface area (TPSA) is 354 Å². The zero-order valence-corrected chi connectivity index (χ0v) is 46.3. The molecule has 0 radical (unpaired) electrons. The number of hydrogen-bond acceptors (Lipinski definition) is 20. The molecule has 26 nitrogen and oxygen atoms in total. The molecular formula is C50H64N14O12S2. The monoisotopic (exact) mass is 1120 g/mol. The molecule has 8 atom stereocenters. The van der Waals surface area contributed by atoms with Crippen LogP contribution < -0.4 is 32.7 Å². The lowest BCUT2D eigenvalue weighted by atomic mass is 10.0. The van der Waals surface area contributed by atoms with Gasteiger partial charge in [0.1, 0.15) is 61.5 Å². The smallest absolute Gasteiger partial charge is 0.329 e. The summed E-state index contributed by atoms with van der Waals surface area (Å²) in [5.74, 6) is -11.4. The van der Waals surface area contributed by atoms with Crippen molar-refractivity contribution in [3.05, 3.63) is 59.9 Å². The number of aromatic nitrogens is 4.